The number of ketones is 1. The van der Waals surface area contributed by atoms with E-state index in [1.807, 2.05) is 0 Å². The van der Waals surface area contributed by atoms with Gasteiger partial charge in [-0.15, -0.1) is 0 Å². The molecule has 0 aliphatic carbocycles. The van der Waals surface area contributed by atoms with Crippen molar-refractivity contribution in [3.63, 3.8) is 0 Å². The number of hydrogen-bond acceptors (Lipinski definition) is 7. The summed E-state index contributed by atoms with van der Waals surface area (Å²) in [4.78, 5) is 12.0. The summed E-state index contributed by atoms with van der Waals surface area (Å²) in [7, 11) is 4.53. The van der Waals surface area contributed by atoms with Gasteiger partial charge in [0.15, 0.2) is 23.0 Å². The molecule has 2 rings (SSSR count). The van der Waals surface area contributed by atoms with Crippen molar-refractivity contribution in [3.8, 4) is 17.2 Å². The van der Waals surface area contributed by atoms with Gasteiger partial charge in [-0.05, 0) is 24.3 Å². The molecule has 0 saturated carbocycles. The molecule has 23 heavy (non-hydrogen) atoms. The van der Waals surface area contributed by atoms with Crippen LogP contribution in [0.5, 0.6) is 17.2 Å². The number of aliphatic hydroxyl groups is 1. The second kappa shape index (κ2) is 7.46. The van der Waals surface area contributed by atoms with Crippen molar-refractivity contribution in [2.75, 3.05) is 21.3 Å². The predicted molar refractivity (Wildman–Crippen MR) is 81.9 cm³/mol. The molecule has 122 valence electrons. The van der Waals surface area contributed by atoms with Crippen LogP contribution in [0.2, 0.25) is 0 Å². The number of carbonyl (C=O) groups excluding carboxylic acids is 1. The third-order valence-corrected chi connectivity index (χ3v) is 3.12. The van der Waals surface area contributed by atoms with Crippen LogP contribution in [-0.2, 0) is 6.61 Å². The smallest absolute Gasteiger partial charge is 0.207 e. The number of aromatic nitrogens is 1. The Morgan fingerprint density at radius 3 is 2.52 bits per heavy atom. The van der Waals surface area contributed by atoms with Gasteiger partial charge in [0.25, 0.3) is 0 Å². The van der Waals surface area contributed by atoms with Crippen LogP contribution in [0.25, 0.3) is 6.08 Å². The Kier molecular flexibility index (Phi) is 5.37. The molecular weight excluding hydrogens is 302 g/mol. The van der Waals surface area contributed by atoms with E-state index in [-0.39, 0.29) is 23.8 Å². The van der Waals surface area contributed by atoms with Crippen molar-refractivity contribution in [1.29, 1.82) is 0 Å². The molecule has 0 unspecified atom stereocenters. The van der Waals surface area contributed by atoms with Gasteiger partial charge < -0.3 is 23.8 Å². The number of methoxy groups -OCH3 is 3. The Bertz CT molecular complexity index is 719. The highest BCUT2D eigenvalue weighted by atomic mass is 16.5. The minimum absolute atomic E-state index is 0.116. The van der Waals surface area contributed by atoms with Crippen LogP contribution in [-0.4, -0.2) is 37.4 Å². The van der Waals surface area contributed by atoms with E-state index in [0.29, 0.717) is 22.8 Å². The summed E-state index contributed by atoms with van der Waals surface area (Å²) in [6, 6.07) is 4.84. The van der Waals surface area contributed by atoms with Gasteiger partial charge >= 0.3 is 0 Å². The van der Waals surface area contributed by atoms with Crippen LogP contribution in [0, 0.1) is 0 Å². The predicted octanol–water partition coefficient (Wildman–Crippen LogP) is 2.09. The lowest BCUT2D eigenvalue weighted by atomic mass is 10.1. The number of hydrogen-bond donors (Lipinski definition) is 1. The fourth-order valence-corrected chi connectivity index (χ4v) is 2.01. The van der Waals surface area contributed by atoms with E-state index < -0.39 is 0 Å². The number of ether oxygens (including phenoxy) is 3. The summed E-state index contributed by atoms with van der Waals surface area (Å²) in [5, 5.41) is 12.5. The van der Waals surface area contributed by atoms with E-state index >= 15 is 0 Å². The van der Waals surface area contributed by atoms with Crippen molar-refractivity contribution in [2.24, 2.45) is 0 Å². The van der Waals surface area contributed by atoms with Crippen LogP contribution in [0.1, 0.15) is 21.8 Å². The van der Waals surface area contributed by atoms with Crippen LogP contribution in [0.4, 0.5) is 0 Å². The van der Waals surface area contributed by atoms with E-state index in [2.05, 4.69) is 5.16 Å². The second-order valence-corrected chi connectivity index (χ2v) is 4.46. The number of allylic oxidation sites excluding steroid dienone is 1. The monoisotopic (exact) mass is 319 g/mol. The molecule has 0 amide bonds. The lowest BCUT2D eigenvalue weighted by molar-refractivity contribution is 0.103. The van der Waals surface area contributed by atoms with Crippen molar-refractivity contribution in [2.45, 2.75) is 6.61 Å². The number of nitrogens with zero attached hydrogens (tertiary/aromatic N) is 1. The minimum Gasteiger partial charge on any atom is -0.493 e. The number of benzene rings is 1. The zero-order chi connectivity index (χ0) is 16.8. The molecule has 1 aromatic heterocycles. The van der Waals surface area contributed by atoms with Crippen molar-refractivity contribution >= 4 is 11.9 Å². The summed E-state index contributed by atoms with van der Waals surface area (Å²) in [5.74, 6) is 1.29. The van der Waals surface area contributed by atoms with Crippen LogP contribution in [0.15, 0.2) is 28.8 Å². The van der Waals surface area contributed by atoms with E-state index in [9.17, 15) is 4.79 Å². The third-order valence-electron chi connectivity index (χ3n) is 3.12. The minimum atomic E-state index is -0.356. The molecular formula is C16H17NO6. The van der Waals surface area contributed by atoms with Crippen molar-refractivity contribution in [3.05, 3.63) is 41.3 Å². The first-order chi connectivity index (χ1) is 11.1. The Morgan fingerprint density at radius 1 is 1.22 bits per heavy atom. The molecule has 0 fully saturated rings. The van der Waals surface area contributed by atoms with E-state index in [0.717, 1.165) is 0 Å². The van der Waals surface area contributed by atoms with Gasteiger partial charge in [0.1, 0.15) is 6.61 Å². The van der Waals surface area contributed by atoms with Gasteiger partial charge in [-0.3, -0.25) is 4.79 Å². The van der Waals surface area contributed by atoms with Gasteiger partial charge in [-0.25, -0.2) is 0 Å². The fraction of sp³-hybridized carbons (Fsp3) is 0.250. The largest absolute Gasteiger partial charge is 0.493 e. The number of rotatable bonds is 7. The molecule has 7 nitrogen and oxygen atoms in total. The Labute approximate surface area is 133 Å². The molecule has 0 atom stereocenters. The topological polar surface area (TPSA) is 91.0 Å². The SMILES string of the molecule is COc1ccc(/C=C/C(=O)c2cc(CO)on2)c(OC)c1OC. The first kappa shape index (κ1) is 16.6. The van der Waals surface area contributed by atoms with Crippen molar-refractivity contribution in [1.82, 2.24) is 5.16 Å². The zero-order valence-electron chi connectivity index (χ0n) is 13.0. The standard InChI is InChI=1S/C16H17NO6/c1-20-14-7-5-10(15(21-2)16(14)22-3)4-6-13(19)12-8-11(9-18)23-17-12/h4-8,18H,9H2,1-3H3/b6-4+. The van der Waals surface area contributed by atoms with Crippen LogP contribution >= 0.6 is 0 Å². The molecule has 0 spiro atoms. The molecule has 2 aromatic rings. The second-order valence-electron chi connectivity index (χ2n) is 4.46. The Hall–Kier alpha value is -2.80. The van der Waals surface area contributed by atoms with Gasteiger partial charge in [-0.2, -0.15) is 0 Å². The van der Waals surface area contributed by atoms with Gasteiger partial charge in [0.2, 0.25) is 11.5 Å². The fourth-order valence-electron chi connectivity index (χ4n) is 2.01. The molecule has 1 N–H and O–H groups in total. The van der Waals surface area contributed by atoms with E-state index in [1.165, 1.54) is 33.5 Å². The lowest BCUT2D eigenvalue weighted by Crippen LogP contribution is -1.97. The molecule has 1 aromatic carbocycles. The maximum absolute atomic E-state index is 12.0. The highest BCUT2D eigenvalue weighted by molar-refractivity contribution is 6.05. The summed E-state index contributed by atoms with van der Waals surface area (Å²) >= 11 is 0. The zero-order valence-corrected chi connectivity index (χ0v) is 13.0. The maximum atomic E-state index is 12.0. The normalized spacial score (nSPS) is 10.8. The number of aliphatic hydroxyl groups excluding tert-OH is 1. The quantitative estimate of drug-likeness (QED) is 0.617. The van der Waals surface area contributed by atoms with Crippen LogP contribution in [0.3, 0.4) is 0 Å². The molecule has 7 heteroatoms. The first-order valence-corrected chi connectivity index (χ1v) is 6.72. The first-order valence-electron chi connectivity index (χ1n) is 6.72. The van der Waals surface area contributed by atoms with Gasteiger partial charge in [0, 0.05) is 11.6 Å². The molecule has 0 aliphatic rings. The molecule has 0 bridgehead atoms. The Morgan fingerprint density at radius 2 is 1.96 bits per heavy atom. The van der Waals surface area contributed by atoms with Gasteiger partial charge in [-0.1, -0.05) is 5.16 Å². The average Bonchev–Trinajstić information content (AvgIpc) is 3.07. The molecule has 0 aliphatic heterocycles. The van der Waals surface area contributed by atoms with Crippen LogP contribution < -0.4 is 14.2 Å². The summed E-state index contributed by atoms with van der Waals surface area (Å²) in [6.45, 7) is -0.312. The molecule has 1 heterocycles. The van der Waals surface area contributed by atoms with E-state index in [4.69, 9.17) is 23.8 Å². The number of carbonyl (C=O) groups is 1. The van der Waals surface area contributed by atoms with E-state index in [1.54, 1.807) is 18.2 Å². The van der Waals surface area contributed by atoms with Crippen molar-refractivity contribution < 1.29 is 28.6 Å². The molecule has 0 saturated heterocycles. The third kappa shape index (κ3) is 3.51. The molecule has 0 radical (unpaired) electrons. The maximum Gasteiger partial charge on any atom is 0.207 e. The highest BCUT2D eigenvalue weighted by Crippen LogP contribution is 2.40. The Balaban J connectivity index is 2.30. The summed E-state index contributed by atoms with van der Waals surface area (Å²) < 4.78 is 20.6. The summed E-state index contributed by atoms with van der Waals surface area (Å²) in [5.41, 5.74) is 0.758. The summed E-state index contributed by atoms with van der Waals surface area (Å²) in [6.07, 6.45) is 2.92. The lowest BCUT2D eigenvalue weighted by Gasteiger charge is -2.13. The highest BCUT2D eigenvalue weighted by Gasteiger charge is 2.15. The van der Waals surface area contributed by atoms with Gasteiger partial charge in [0.05, 0.1) is 21.3 Å². The average molecular weight is 319 g/mol.